The summed E-state index contributed by atoms with van der Waals surface area (Å²) in [5.41, 5.74) is 3.31. The smallest absolute Gasteiger partial charge is 0.223 e. The maximum atomic E-state index is 13.5. The number of nitrogens with zero attached hydrogens (tertiary/aromatic N) is 1. The first-order chi connectivity index (χ1) is 9.97. The maximum Gasteiger partial charge on any atom is 0.223 e. The summed E-state index contributed by atoms with van der Waals surface area (Å²) in [6.45, 7) is 3.27. The van der Waals surface area contributed by atoms with Crippen LogP contribution in [0.3, 0.4) is 0 Å². The lowest BCUT2D eigenvalue weighted by Crippen LogP contribution is -2.22. The highest BCUT2D eigenvalue weighted by Gasteiger charge is 2.04. The van der Waals surface area contributed by atoms with E-state index in [2.05, 4.69) is 0 Å². The van der Waals surface area contributed by atoms with Crippen LogP contribution in [0, 0.1) is 12.7 Å². The number of anilines is 1. The third kappa shape index (κ3) is 3.78. The summed E-state index contributed by atoms with van der Waals surface area (Å²) >= 11 is 0. The summed E-state index contributed by atoms with van der Waals surface area (Å²) in [4.78, 5) is 12.9. The van der Waals surface area contributed by atoms with Gasteiger partial charge >= 0.3 is 0 Å². The Kier molecular flexibility index (Phi) is 4.53. The van der Waals surface area contributed by atoms with E-state index in [0.29, 0.717) is 5.56 Å². The van der Waals surface area contributed by atoms with E-state index in [1.807, 2.05) is 42.5 Å². The van der Waals surface area contributed by atoms with Crippen LogP contribution in [0.15, 0.2) is 42.5 Å². The van der Waals surface area contributed by atoms with Crippen molar-refractivity contribution >= 4 is 23.7 Å². The minimum atomic E-state index is -0.199. The van der Waals surface area contributed by atoms with Gasteiger partial charge in [-0.05, 0) is 41.8 Å². The average Bonchev–Trinajstić information content (AvgIpc) is 2.48. The Bertz CT molecular complexity index is 674. The molecule has 0 aliphatic carbocycles. The fourth-order valence-corrected chi connectivity index (χ4v) is 1.90. The zero-order valence-electron chi connectivity index (χ0n) is 12.4. The molecule has 0 aliphatic rings. The SMILES string of the molecule is CC(=O)N(C)c1ccc(/C=C/c2ccc(C)c(F)c2)cc1. The van der Waals surface area contributed by atoms with Crippen LogP contribution < -0.4 is 4.90 Å². The van der Waals surface area contributed by atoms with Crippen molar-refractivity contribution in [1.29, 1.82) is 0 Å². The van der Waals surface area contributed by atoms with Crippen molar-refractivity contribution < 1.29 is 9.18 Å². The van der Waals surface area contributed by atoms with Crippen LogP contribution >= 0.6 is 0 Å². The van der Waals surface area contributed by atoms with Gasteiger partial charge in [0, 0.05) is 19.7 Å². The van der Waals surface area contributed by atoms with Crippen LogP contribution in [0.5, 0.6) is 0 Å². The van der Waals surface area contributed by atoms with Crippen molar-refractivity contribution in [2.24, 2.45) is 0 Å². The molecule has 0 saturated heterocycles. The minimum absolute atomic E-state index is 0.00609. The fourth-order valence-electron chi connectivity index (χ4n) is 1.90. The number of aryl methyl sites for hydroxylation is 1. The topological polar surface area (TPSA) is 20.3 Å². The molecule has 0 N–H and O–H groups in total. The molecule has 3 heteroatoms. The number of hydrogen-bond acceptors (Lipinski definition) is 1. The van der Waals surface area contributed by atoms with Crippen LogP contribution in [0.4, 0.5) is 10.1 Å². The van der Waals surface area contributed by atoms with Gasteiger partial charge in [0.25, 0.3) is 0 Å². The molecule has 0 radical (unpaired) electrons. The number of rotatable bonds is 3. The average molecular weight is 283 g/mol. The molecule has 0 aromatic heterocycles. The Morgan fingerprint density at radius 2 is 1.62 bits per heavy atom. The van der Waals surface area contributed by atoms with E-state index in [1.165, 1.54) is 13.0 Å². The predicted molar refractivity (Wildman–Crippen MR) is 85.6 cm³/mol. The molecular weight excluding hydrogens is 265 g/mol. The summed E-state index contributed by atoms with van der Waals surface area (Å²) in [6, 6.07) is 12.8. The highest BCUT2D eigenvalue weighted by molar-refractivity contribution is 5.91. The lowest BCUT2D eigenvalue weighted by molar-refractivity contribution is -0.116. The first-order valence-electron chi connectivity index (χ1n) is 6.76. The molecular formula is C18H18FNO. The van der Waals surface area contributed by atoms with Crippen molar-refractivity contribution in [3.63, 3.8) is 0 Å². The molecule has 2 aromatic rings. The van der Waals surface area contributed by atoms with Gasteiger partial charge in [-0.1, -0.05) is 36.4 Å². The van der Waals surface area contributed by atoms with Gasteiger partial charge in [0.15, 0.2) is 0 Å². The van der Waals surface area contributed by atoms with Crippen LogP contribution in [0.2, 0.25) is 0 Å². The first kappa shape index (κ1) is 15.0. The molecule has 2 aromatic carbocycles. The molecule has 0 bridgehead atoms. The molecule has 0 heterocycles. The lowest BCUT2D eigenvalue weighted by Gasteiger charge is -2.14. The van der Waals surface area contributed by atoms with Crippen LogP contribution in [-0.2, 0) is 4.79 Å². The second kappa shape index (κ2) is 6.35. The van der Waals surface area contributed by atoms with Crippen molar-refractivity contribution in [1.82, 2.24) is 0 Å². The van der Waals surface area contributed by atoms with Gasteiger partial charge in [0.1, 0.15) is 5.82 Å². The van der Waals surface area contributed by atoms with Gasteiger partial charge in [0.05, 0.1) is 0 Å². The molecule has 0 saturated carbocycles. The van der Waals surface area contributed by atoms with Gasteiger partial charge in [-0.15, -0.1) is 0 Å². The Labute approximate surface area is 124 Å². The van der Waals surface area contributed by atoms with Crippen LogP contribution in [0.1, 0.15) is 23.6 Å². The Balaban J connectivity index is 2.14. The second-order valence-corrected chi connectivity index (χ2v) is 5.01. The molecule has 2 rings (SSSR count). The highest BCUT2D eigenvalue weighted by atomic mass is 19.1. The molecule has 21 heavy (non-hydrogen) atoms. The third-order valence-corrected chi connectivity index (χ3v) is 3.42. The zero-order chi connectivity index (χ0) is 15.4. The summed E-state index contributed by atoms with van der Waals surface area (Å²) in [6.07, 6.45) is 3.79. The molecule has 0 atom stereocenters. The van der Waals surface area contributed by atoms with Gasteiger partial charge in [0.2, 0.25) is 5.91 Å². The number of amides is 1. The molecule has 2 nitrogen and oxygen atoms in total. The molecule has 108 valence electrons. The van der Waals surface area contributed by atoms with Gasteiger partial charge in [-0.2, -0.15) is 0 Å². The number of benzene rings is 2. The van der Waals surface area contributed by atoms with Crippen molar-refractivity contribution in [2.45, 2.75) is 13.8 Å². The van der Waals surface area contributed by atoms with Crippen LogP contribution in [0.25, 0.3) is 12.2 Å². The van der Waals surface area contributed by atoms with Gasteiger partial charge in [-0.3, -0.25) is 4.79 Å². The van der Waals surface area contributed by atoms with Gasteiger partial charge in [-0.25, -0.2) is 4.39 Å². The standard InChI is InChI=1S/C18H18FNO/c1-13-4-5-16(12-18(13)19)7-6-15-8-10-17(11-9-15)20(3)14(2)21/h4-12H,1-3H3/b7-6+. The van der Waals surface area contributed by atoms with E-state index < -0.39 is 0 Å². The highest BCUT2D eigenvalue weighted by Crippen LogP contribution is 2.16. The minimum Gasteiger partial charge on any atom is -0.316 e. The van der Waals surface area contributed by atoms with E-state index in [1.54, 1.807) is 24.9 Å². The molecule has 0 fully saturated rings. The maximum absolute atomic E-state index is 13.5. The van der Waals surface area contributed by atoms with Crippen molar-refractivity contribution in [3.8, 4) is 0 Å². The summed E-state index contributed by atoms with van der Waals surface area (Å²) in [5, 5.41) is 0. The molecule has 0 aliphatic heterocycles. The molecule has 0 unspecified atom stereocenters. The quantitative estimate of drug-likeness (QED) is 0.770. The predicted octanol–water partition coefficient (Wildman–Crippen LogP) is 4.29. The van der Waals surface area contributed by atoms with E-state index in [4.69, 9.17) is 0 Å². The largest absolute Gasteiger partial charge is 0.316 e. The fraction of sp³-hybridized carbons (Fsp3) is 0.167. The Hall–Kier alpha value is -2.42. The number of carbonyl (C=O) groups is 1. The monoisotopic (exact) mass is 283 g/mol. The number of halogens is 1. The van der Waals surface area contributed by atoms with Crippen molar-refractivity contribution in [3.05, 3.63) is 65.0 Å². The normalized spacial score (nSPS) is 10.9. The first-order valence-corrected chi connectivity index (χ1v) is 6.76. The van der Waals surface area contributed by atoms with E-state index in [9.17, 15) is 9.18 Å². The lowest BCUT2D eigenvalue weighted by atomic mass is 10.1. The van der Waals surface area contributed by atoms with Crippen molar-refractivity contribution in [2.75, 3.05) is 11.9 Å². The van der Waals surface area contributed by atoms with Gasteiger partial charge < -0.3 is 4.90 Å². The van der Waals surface area contributed by atoms with E-state index in [-0.39, 0.29) is 11.7 Å². The number of hydrogen-bond donors (Lipinski definition) is 0. The third-order valence-electron chi connectivity index (χ3n) is 3.42. The number of carbonyl (C=O) groups excluding carboxylic acids is 1. The molecule has 1 amide bonds. The van der Waals surface area contributed by atoms with E-state index >= 15 is 0 Å². The second-order valence-electron chi connectivity index (χ2n) is 5.01. The molecule has 0 spiro atoms. The zero-order valence-corrected chi connectivity index (χ0v) is 12.4. The van der Waals surface area contributed by atoms with E-state index in [0.717, 1.165) is 16.8 Å². The van der Waals surface area contributed by atoms with Crippen LogP contribution in [-0.4, -0.2) is 13.0 Å². The summed E-state index contributed by atoms with van der Waals surface area (Å²) < 4.78 is 13.5. The summed E-state index contributed by atoms with van der Waals surface area (Å²) in [7, 11) is 1.74. The Morgan fingerprint density at radius 1 is 1.05 bits per heavy atom. The summed E-state index contributed by atoms with van der Waals surface area (Å²) in [5.74, 6) is -0.205. The Morgan fingerprint density at radius 3 is 2.19 bits per heavy atom.